The summed E-state index contributed by atoms with van der Waals surface area (Å²) in [5.41, 5.74) is 7.18. The lowest BCUT2D eigenvalue weighted by molar-refractivity contribution is -0.137. The van der Waals surface area contributed by atoms with Gasteiger partial charge < -0.3 is 30.9 Å². The third kappa shape index (κ3) is 4.60. The molecule has 37 heavy (non-hydrogen) atoms. The SMILES string of the molecule is CNC(=O)[C@H]1O[C@@H](n2cnc3c(N)nc(C#CCN(C(=O)c4ccccc4)C4CCC4)nc32)C(O)[C@@H]1O. The van der Waals surface area contributed by atoms with E-state index in [9.17, 15) is 19.8 Å². The predicted molar refractivity (Wildman–Crippen MR) is 132 cm³/mol. The van der Waals surface area contributed by atoms with Crippen molar-refractivity contribution in [2.75, 3.05) is 19.3 Å². The first-order valence-corrected chi connectivity index (χ1v) is 12.0. The number of aromatic nitrogens is 4. The third-order valence-corrected chi connectivity index (χ3v) is 6.71. The van der Waals surface area contributed by atoms with Gasteiger partial charge in [0.2, 0.25) is 5.82 Å². The Hall–Kier alpha value is -4.05. The molecule has 1 aliphatic heterocycles. The van der Waals surface area contributed by atoms with Gasteiger partial charge in [0.15, 0.2) is 23.8 Å². The Morgan fingerprint density at radius 1 is 1.22 bits per heavy atom. The van der Waals surface area contributed by atoms with Crippen molar-refractivity contribution in [1.82, 2.24) is 29.7 Å². The highest BCUT2D eigenvalue weighted by atomic mass is 16.6. The molecule has 2 aliphatic rings. The minimum Gasteiger partial charge on any atom is -0.387 e. The Morgan fingerprint density at radius 2 is 1.97 bits per heavy atom. The van der Waals surface area contributed by atoms with E-state index in [1.807, 2.05) is 18.2 Å². The second-order valence-corrected chi connectivity index (χ2v) is 8.98. The number of anilines is 1. The highest BCUT2D eigenvalue weighted by molar-refractivity contribution is 5.94. The van der Waals surface area contributed by atoms with Crippen LogP contribution in [0.1, 0.15) is 41.7 Å². The Morgan fingerprint density at radius 3 is 2.65 bits per heavy atom. The third-order valence-electron chi connectivity index (χ3n) is 6.71. The fourth-order valence-electron chi connectivity index (χ4n) is 4.44. The number of aliphatic hydroxyl groups is 2. The zero-order valence-electron chi connectivity index (χ0n) is 20.1. The van der Waals surface area contributed by atoms with Crippen LogP contribution in [0.25, 0.3) is 11.2 Å². The number of carbonyl (C=O) groups excluding carboxylic acids is 2. The van der Waals surface area contributed by atoms with Crippen LogP contribution in [0, 0.1) is 11.8 Å². The van der Waals surface area contributed by atoms with Crippen LogP contribution in [0.4, 0.5) is 5.82 Å². The van der Waals surface area contributed by atoms with Crippen molar-refractivity contribution < 1.29 is 24.5 Å². The maximum atomic E-state index is 13.1. The van der Waals surface area contributed by atoms with Crippen molar-refractivity contribution in [3.63, 3.8) is 0 Å². The standard InChI is InChI=1S/C25H27N7O5/c1-27-23(35)20-18(33)19(34)25(37-20)32-13-28-17-21(26)29-16(30-22(17)32)11-6-12-31(15-9-5-10-15)24(36)14-7-3-2-4-8-14/h2-4,7-8,13,15,18-20,25,33-34H,5,9-10,12H2,1H3,(H,27,35)(H2,26,29,30)/t18-,19?,20-,25+/m0/s1. The summed E-state index contributed by atoms with van der Waals surface area (Å²) in [5, 5.41) is 23.2. The molecule has 2 fully saturated rings. The van der Waals surface area contributed by atoms with Crippen molar-refractivity contribution in [1.29, 1.82) is 0 Å². The number of benzene rings is 1. The van der Waals surface area contributed by atoms with E-state index in [1.165, 1.54) is 17.9 Å². The predicted octanol–water partition coefficient (Wildman–Crippen LogP) is -0.180. The summed E-state index contributed by atoms with van der Waals surface area (Å²) in [4.78, 5) is 39.7. The van der Waals surface area contributed by atoms with Crippen LogP contribution in [0.3, 0.4) is 0 Å². The second kappa shape index (κ2) is 10.1. The number of nitrogens with two attached hydrogens (primary N) is 1. The molecule has 192 valence electrons. The van der Waals surface area contributed by atoms with Crippen molar-refractivity contribution in [3.8, 4) is 11.8 Å². The summed E-state index contributed by atoms with van der Waals surface area (Å²) in [5.74, 6) is 5.39. The molecule has 5 N–H and O–H groups in total. The molecule has 1 aromatic carbocycles. The zero-order valence-corrected chi connectivity index (χ0v) is 20.1. The summed E-state index contributed by atoms with van der Waals surface area (Å²) in [6, 6.07) is 9.22. The summed E-state index contributed by atoms with van der Waals surface area (Å²) in [7, 11) is 1.41. The molecule has 0 spiro atoms. The molecule has 1 saturated heterocycles. The summed E-state index contributed by atoms with van der Waals surface area (Å²) >= 11 is 0. The molecule has 12 heteroatoms. The lowest BCUT2D eigenvalue weighted by Crippen LogP contribution is -2.44. The number of carbonyl (C=O) groups is 2. The molecule has 1 saturated carbocycles. The van der Waals surface area contributed by atoms with Gasteiger partial charge in [-0.1, -0.05) is 24.1 Å². The first-order chi connectivity index (χ1) is 17.9. The van der Waals surface area contributed by atoms with Gasteiger partial charge in [0, 0.05) is 18.7 Å². The molecule has 4 atom stereocenters. The fraction of sp³-hybridized carbons (Fsp3) is 0.400. The Labute approximate surface area is 212 Å². The van der Waals surface area contributed by atoms with E-state index in [-0.39, 0.29) is 41.3 Å². The van der Waals surface area contributed by atoms with Gasteiger partial charge in [-0.15, -0.1) is 0 Å². The molecule has 3 aromatic rings. The molecule has 2 aromatic heterocycles. The molecule has 12 nitrogen and oxygen atoms in total. The van der Waals surface area contributed by atoms with Crippen LogP contribution in [0.15, 0.2) is 36.7 Å². The van der Waals surface area contributed by atoms with Crippen molar-refractivity contribution in [3.05, 3.63) is 48.0 Å². The molecular formula is C25H27N7O5. The summed E-state index contributed by atoms with van der Waals surface area (Å²) in [6.07, 6.45) is -0.970. The number of nitrogens with zero attached hydrogens (tertiary/aromatic N) is 5. The van der Waals surface area contributed by atoms with Gasteiger partial charge in [-0.2, -0.15) is 0 Å². The number of likely N-dealkylation sites (N-methyl/N-ethyl adjacent to an activating group) is 1. The van der Waals surface area contributed by atoms with Gasteiger partial charge in [0.05, 0.1) is 12.9 Å². The Bertz CT molecular complexity index is 1380. The number of ether oxygens (including phenoxy) is 1. The quantitative estimate of drug-likeness (QED) is 0.344. The van der Waals surface area contributed by atoms with Crippen molar-refractivity contribution in [2.45, 2.75) is 49.8 Å². The van der Waals surface area contributed by atoms with Crippen LogP contribution >= 0.6 is 0 Å². The second-order valence-electron chi connectivity index (χ2n) is 8.98. The van der Waals surface area contributed by atoms with E-state index in [4.69, 9.17) is 10.5 Å². The number of fused-ring (bicyclic) bond motifs is 1. The summed E-state index contributed by atoms with van der Waals surface area (Å²) < 4.78 is 7.01. The van der Waals surface area contributed by atoms with Gasteiger partial charge in [-0.25, -0.2) is 15.0 Å². The van der Waals surface area contributed by atoms with Gasteiger partial charge in [0.25, 0.3) is 11.8 Å². The lowest BCUT2D eigenvalue weighted by atomic mass is 9.91. The van der Waals surface area contributed by atoms with Crippen LogP contribution in [-0.4, -0.2) is 84.4 Å². The first kappa shape index (κ1) is 24.6. The van der Waals surface area contributed by atoms with E-state index in [1.54, 1.807) is 17.0 Å². The Balaban J connectivity index is 1.40. The zero-order chi connectivity index (χ0) is 26.1. The normalized spacial score (nSPS) is 23.2. The minimum atomic E-state index is -1.44. The van der Waals surface area contributed by atoms with Gasteiger partial charge >= 0.3 is 0 Å². The average molecular weight is 506 g/mol. The monoisotopic (exact) mass is 505 g/mol. The molecule has 5 rings (SSSR count). The highest BCUT2D eigenvalue weighted by Crippen LogP contribution is 2.32. The highest BCUT2D eigenvalue weighted by Gasteiger charge is 2.47. The van der Waals surface area contributed by atoms with Gasteiger partial charge in [0.1, 0.15) is 17.7 Å². The number of nitrogen functional groups attached to an aromatic ring is 1. The van der Waals surface area contributed by atoms with Crippen LogP contribution in [-0.2, 0) is 9.53 Å². The average Bonchev–Trinajstić information content (AvgIpc) is 3.43. The number of nitrogens with one attached hydrogen (secondary N) is 1. The molecule has 1 unspecified atom stereocenters. The number of aliphatic hydroxyl groups excluding tert-OH is 2. The van der Waals surface area contributed by atoms with Gasteiger partial charge in [-0.05, 0) is 37.3 Å². The molecule has 1 aliphatic carbocycles. The van der Waals surface area contributed by atoms with Crippen LogP contribution < -0.4 is 11.1 Å². The van der Waals surface area contributed by atoms with E-state index >= 15 is 0 Å². The number of amides is 2. The van der Waals surface area contributed by atoms with Gasteiger partial charge in [-0.3, -0.25) is 14.2 Å². The van der Waals surface area contributed by atoms with Crippen molar-refractivity contribution >= 4 is 28.8 Å². The fourth-order valence-corrected chi connectivity index (χ4v) is 4.44. The number of rotatable bonds is 5. The molecule has 0 radical (unpaired) electrons. The molecule has 3 heterocycles. The topological polar surface area (TPSA) is 169 Å². The minimum absolute atomic E-state index is 0.0696. The molecule has 0 bridgehead atoms. The maximum absolute atomic E-state index is 13.1. The lowest BCUT2D eigenvalue weighted by Gasteiger charge is -2.36. The maximum Gasteiger partial charge on any atom is 0.254 e. The van der Waals surface area contributed by atoms with Crippen LogP contribution in [0.5, 0.6) is 0 Å². The largest absolute Gasteiger partial charge is 0.387 e. The van der Waals surface area contributed by atoms with E-state index in [2.05, 4.69) is 32.1 Å². The number of imidazole rings is 1. The smallest absolute Gasteiger partial charge is 0.254 e. The Kier molecular flexibility index (Phi) is 6.75. The number of hydrogen-bond acceptors (Lipinski definition) is 9. The molecular weight excluding hydrogens is 478 g/mol. The summed E-state index contributed by atoms with van der Waals surface area (Å²) in [6.45, 7) is 0.198. The first-order valence-electron chi connectivity index (χ1n) is 12.0. The number of hydrogen-bond donors (Lipinski definition) is 4. The molecule has 2 amide bonds. The van der Waals surface area contributed by atoms with Crippen LogP contribution in [0.2, 0.25) is 0 Å². The van der Waals surface area contributed by atoms with E-state index < -0.39 is 30.4 Å². The van der Waals surface area contributed by atoms with E-state index in [0.717, 1.165) is 19.3 Å². The van der Waals surface area contributed by atoms with Crippen molar-refractivity contribution in [2.24, 2.45) is 0 Å². The van der Waals surface area contributed by atoms with E-state index in [0.29, 0.717) is 5.56 Å².